The highest BCUT2D eigenvalue weighted by molar-refractivity contribution is 6.40. The summed E-state index contributed by atoms with van der Waals surface area (Å²) in [6.07, 6.45) is 0. The maximum Gasteiger partial charge on any atom is 0.244 e. The average molecular weight is 351 g/mol. The minimum absolute atomic E-state index is 0.174. The zero-order chi connectivity index (χ0) is 17.0. The largest absolute Gasteiger partial charge is 0.325 e. The third-order valence-corrected chi connectivity index (χ3v) is 3.83. The number of benzene rings is 2. The van der Waals surface area contributed by atoms with Crippen LogP contribution in [0.1, 0.15) is 12.5 Å². The molecule has 4 nitrogen and oxygen atoms in total. The molecular weight excluding hydrogens is 335 g/mol. The molecule has 0 heterocycles. The Morgan fingerprint density at radius 3 is 2.13 bits per heavy atom. The van der Waals surface area contributed by atoms with Gasteiger partial charge in [-0.05, 0) is 31.2 Å². The first kappa shape index (κ1) is 17.3. The molecule has 2 aromatic rings. The molecule has 0 saturated heterocycles. The summed E-state index contributed by atoms with van der Waals surface area (Å²) >= 11 is 12.2. The number of hydrogen-bond acceptors (Lipinski definition) is 2. The number of nitrogens with one attached hydrogen (secondary N) is 1. The van der Waals surface area contributed by atoms with Crippen LogP contribution in [0.4, 0.5) is 11.4 Å². The Morgan fingerprint density at radius 1 is 1.04 bits per heavy atom. The lowest BCUT2D eigenvalue weighted by atomic mass is 10.2. The van der Waals surface area contributed by atoms with Gasteiger partial charge in [0.2, 0.25) is 11.8 Å². The first-order valence-electron chi connectivity index (χ1n) is 6.97. The van der Waals surface area contributed by atoms with Gasteiger partial charge < -0.3 is 10.2 Å². The van der Waals surface area contributed by atoms with Gasteiger partial charge in [0.25, 0.3) is 0 Å². The molecule has 1 N–H and O–H groups in total. The van der Waals surface area contributed by atoms with Gasteiger partial charge in [0, 0.05) is 12.6 Å². The van der Waals surface area contributed by atoms with Crippen LogP contribution in [-0.4, -0.2) is 18.4 Å². The van der Waals surface area contributed by atoms with Crippen molar-refractivity contribution in [3.63, 3.8) is 0 Å². The van der Waals surface area contributed by atoms with E-state index >= 15 is 0 Å². The first-order chi connectivity index (χ1) is 10.9. The van der Waals surface area contributed by atoms with Crippen molar-refractivity contribution in [3.8, 4) is 0 Å². The lowest BCUT2D eigenvalue weighted by Gasteiger charge is -2.23. The van der Waals surface area contributed by atoms with Crippen molar-refractivity contribution < 1.29 is 9.59 Å². The highest BCUT2D eigenvalue weighted by Gasteiger charge is 2.21. The van der Waals surface area contributed by atoms with Crippen molar-refractivity contribution in [2.24, 2.45) is 0 Å². The second-order valence-electron chi connectivity index (χ2n) is 5.09. The van der Waals surface area contributed by atoms with Gasteiger partial charge in [-0.15, -0.1) is 0 Å². The number of carbonyl (C=O) groups is 2. The summed E-state index contributed by atoms with van der Waals surface area (Å²) in [6, 6.07) is 12.3. The number of para-hydroxylation sites is 1. The molecule has 0 fully saturated rings. The maximum atomic E-state index is 12.2. The van der Waals surface area contributed by atoms with E-state index in [2.05, 4.69) is 5.32 Å². The highest BCUT2D eigenvalue weighted by Crippen LogP contribution is 2.33. The van der Waals surface area contributed by atoms with Gasteiger partial charge in [-0.3, -0.25) is 9.59 Å². The molecular formula is C17H16Cl2N2O2. The zero-order valence-corrected chi connectivity index (χ0v) is 14.3. The topological polar surface area (TPSA) is 49.4 Å². The molecule has 2 rings (SSSR count). The number of hydrogen-bond donors (Lipinski definition) is 1. The molecule has 0 bridgehead atoms. The van der Waals surface area contributed by atoms with Gasteiger partial charge in [0.1, 0.15) is 6.54 Å². The molecule has 2 aromatic carbocycles. The molecule has 0 aliphatic heterocycles. The predicted molar refractivity (Wildman–Crippen MR) is 94.3 cm³/mol. The normalized spacial score (nSPS) is 10.3. The second-order valence-corrected chi connectivity index (χ2v) is 5.90. The van der Waals surface area contributed by atoms with Gasteiger partial charge in [-0.25, -0.2) is 0 Å². The van der Waals surface area contributed by atoms with E-state index < -0.39 is 0 Å². The van der Waals surface area contributed by atoms with E-state index in [9.17, 15) is 9.59 Å². The molecule has 0 aromatic heterocycles. The van der Waals surface area contributed by atoms with Crippen LogP contribution in [0.5, 0.6) is 0 Å². The van der Waals surface area contributed by atoms with E-state index in [1.807, 2.05) is 19.1 Å². The molecule has 0 spiro atoms. The SMILES string of the molecule is CC(=O)N(CC(=O)Nc1ccc(C)cc1)c1c(Cl)cccc1Cl. The Hall–Kier alpha value is -2.04. The summed E-state index contributed by atoms with van der Waals surface area (Å²) < 4.78 is 0. The molecule has 2 amide bonds. The smallest absolute Gasteiger partial charge is 0.244 e. The number of carbonyl (C=O) groups excluding carboxylic acids is 2. The van der Waals surface area contributed by atoms with Crippen LogP contribution in [0.15, 0.2) is 42.5 Å². The molecule has 0 unspecified atom stereocenters. The van der Waals surface area contributed by atoms with Crippen LogP contribution >= 0.6 is 23.2 Å². The Kier molecular flexibility index (Phi) is 5.64. The summed E-state index contributed by atoms with van der Waals surface area (Å²) in [5, 5.41) is 3.38. The van der Waals surface area contributed by atoms with E-state index in [0.29, 0.717) is 21.4 Å². The van der Waals surface area contributed by atoms with Gasteiger partial charge in [-0.1, -0.05) is 47.0 Å². The molecule has 6 heteroatoms. The van der Waals surface area contributed by atoms with Crippen molar-refractivity contribution in [1.82, 2.24) is 0 Å². The summed E-state index contributed by atoms with van der Waals surface area (Å²) in [4.78, 5) is 25.4. The number of anilines is 2. The Labute approximate surface area is 145 Å². The van der Waals surface area contributed by atoms with Gasteiger partial charge in [0.15, 0.2) is 0 Å². The molecule has 120 valence electrons. The van der Waals surface area contributed by atoms with Crippen molar-refractivity contribution >= 4 is 46.4 Å². The number of aryl methyl sites for hydroxylation is 1. The lowest BCUT2D eigenvalue weighted by Crippen LogP contribution is -2.37. The number of rotatable bonds is 4. The van der Waals surface area contributed by atoms with Crippen molar-refractivity contribution in [2.75, 3.05) is 16.8 Å². The van der Waals surface area contributed by atoms with Crippen LogP contribution in [-0.2, 0) is 9.59 Å². The van der Waals surface area contributed by atoms with Crippen LogP contribution in [0.3, 0.4) is 0 Å². The summed E-state index contributed by atoms with van der Waals surface area (Å²) in [6.45, 7) is 3.15. The standard InChI is InChI=1S/C17H16Cl2N2O2/c1-11-6-8-13(9-7-11)20-16(23)10-21(12(2)22)17-14(18)4-3-5-15(17)19/h3-9H,10H2,1-2H3,(H,20,23). The van der Waals surface area contributed by atoms with E-state index in [1.165, 1.54) is 11.8 Å². The van der Waals surface area contributed by atoms with Crippen LogP contribution in [0.2, 0.25) is 10.0 Å². The molecule has 0 radical (unpaired) electrons. The van der Waals surface area contributed by atoms with Crippen LogP contribution < -0.4 is 10.2 Å². The monoisotopic (exact) mass is 350 g/mol. The van der Waals surface area contributed by atoms with Crippen molar-refractivity contribution in [3.05, 3.63) is 58.1 Å². The molecule has 23 heavy (non-hydrogen) atoms. The number of halogens is 2. The fourth-order valence-corrected chi connectivity index (χ4v) is 2.68. The minimum Gasteiger partial charge on any atom is -0.325 e. The maximum absolute atomic E-state index is 12.2. The van der Waals surface area contributed by atoms with Crippen molar-refractivity contribution in [1.29, 1.82) is 0 Å². The average Bonchev–Trinajstić information content (AvgIpc) is 2.48. The Balaban J connectivity index is 2.18. The van der Waals surface area contributed by atoms with E-state index in [4.69, 9.17) is 23.2 Å². The fourth-order valence-electron chi connectivity index (χ4n) is 2.08. The third kappa shape index (κ3) is 4.47. The molecule has 0 saturated carbocycles. The zero-order valence-electron chi connectivity index (χ0n) is 12.8. The Morgan fingerprint density at radius 2 is 1.61 bits per heavy atom. The van der Waals surface area contributed by atoms with E-state index in [1.54, 1.807) is 30.3 Å². The van der Waals surface area contributed by atoms with E-state index in [-0.39, 0.29) is 18.4 Å². The van der Waals surface area contributed by atoms with Crippen LogP contribution in [0, 0.1) is 6.92 Å². The Bertz CT molecular complexity index is 710. The number of nitrogens with zero attached hydrogens (tertiary/aromatic N) is 1. The predicted octanol–water partition coefficient (Wildman–Crippen LogP) is 4.29. The first-order valence-corrected chi connectivity index (χ1v) is 7.72. The molecule has 0 aliphatic rings. The summed E-state index contributed by atoms with van der Waals surface area (Å²) in [7, 11) is 0. The van der Waals surface area contributed by atoms with Gasteiger partial charge in [-0.2, -0.15) is 0 Å². The molecule has 0 aliphatic carbocycles. The quantitative estimate of drug-likeness (QED) is 0.893. The third-order valence-electron chi connectivity index (χ3n) is 3.22. The fraction of sp³-hybridized carbons (Fsp3) is 0.176. The second kappa shape index (κ2) is 7.49. The minimum atomic E-state index is -0.333. The lowest BCUT2D eigenvalue weighted by molar-refractivity contribution is -0.120. The highest BCUT2D eigenvalue weighted by atomic mass is 35.5. The van der Waals surface area contributed by atoms with Crippen molar-refractivity contribution in [2.45, 2.75) is 13.8 Å². The number of amides is 2. The molecule has 0 atom stereocenters. The van der Waals surface area contributed by atoms with E-state index in [0.717, 1.165) is 5.56 Å². The summed E-state index contributed by atoms with van der Waals surface area (Å²) in [5.41, 5.74) is 2.09. The van der Waals surface area contributed by atoms with Gasteiger partial charge in [0.05, 0.1) is 15.7 Å². The van der Waals surface area contributed by atoms with Crippen LogP contribution in [0.25, 0.3) is 0 Å². The van der Waals surface area contributed by atoms with Gasteiger partial charge >= 0.3 is 0 Å². The summed E-state index contributed by atoms with van der Waals surface area (Å²) in [5.74, 6) is -0.654.